The van der Waals surface area contributed by atoms with Crippen LogP contribution >= 0.6 is 11.3 Å². The van der Waals surface area contributed by atoms with Gasteiger partial charge in [-0.15, -0.1) is 11.3 Å². The summed E-state index contributed by atoms with van der Waals surface area (Å²) in [6.45, 7) is 0. The van der Waals surface area contributed by atoms with Crippen molar-refractivity contribution in [2.45, 2.75) is 0 Å². The molecule has 7 aromatic carbocycles. The van der Waals surface area contributed by atoms with E-state index in [-0.39, 0.29) is 0 Å². The molecule has 0 atom stereocenters. The highest BCUT2D eigenvalue weighted by Crippen LogP contribution is 2.46. The van der Waals surface area contributed by atoms with Gasteiger partial charge in [-0.2, -0.15) is 0 Å². The van der Waals surface area contributed by atoms with E-state index < -0.39 is 0 Å². The number of thiophene rings is 1. The Labute approximate surface area is 240 Å². The summed E-state index contributed by atoms with van der Waals surface area (Å²) >= 11 is 1.90. The van der Waals surface area contributed by atoms with Crippen molar-refractivity contribution in [3.05, 3.63) is 133 Å². The van der Waals surface area contributed by atoms with E-state index in [0.29, 0.717) is 0 Å². The predicted octanol–water partition coefficient (Wildman–Crippen LogP) is 10.8. The van der Waals surface area contributed by atoms with Crippen LogP contribution in [0.5, 0.6) is 0 Å². The molecule has 3 heteroatoms. The quantitative estimate of drug-likeness (QED) is 0.205. The molecule has 9 rings (SSSR count). The van der Waals surface area contributed by atoms with Gasteiger partial charge in [0.1, 0.15) is 0 Å². The van der Waals surface area contributed by atoms with E-state index in [9.17, 15) is 0 Å². The molecule has 2 heterocycles. The Bertz CT molecular complexity index is 2470. The van der Waals surface area contributed by atoms with Gasteiger partial charge >= 0.3 is 0 Å². The van der Waals surface area contributed by atoms with Gasteiger partial charge in [-0.1, -0.05) is 109 Å². The fraction of sp³-hybridized carbons (Fsp3) is 0. The maximum Gasteiger partial charge on any atom is 0.0973 e. The largest absolute Gasteiger partial charge is 0.244 e. The van der Waals surface area contributed by atoms with Crippen LogP contribution in [0.25, 0.3) is 86.0 Å². The number of aromatic nitrogens is 2. The number of benzene rings is 7. The Hall–Kier alpha value is -5.12. The van der Waals surface area contributed by atoms with Crippen LogP contribution in [0.3, 0.4) is 0 Å². The Morgan fingerprint density at radius 2 is 1.05 bits per heavy atom. The molecular formula is C38H22N2S. The normalized spacial score (nSPS) is 11.9. The third kappa shape index (κ3) is 3.36. The molecule has 0 bridgehead atoms. The summed E-state index contributed by atoms with van der Waals surface area (Å²) < 4.78 is 2.70. The summed E-state index contributed by atoms with van der Waals surface area (Å²) in [5.41, 5.74) is 5.75. The Kier molecular flexibility index (Phi) is 4.80. The van der Waals surface area contributed by atoms with Gasteiger partial charge in [0.15, 0.2) is 0 Å². The first-order valence-electron chi connectivity index (χ1n) is 13.8. The topological polar surface area (TPSA) is 25.8 Å². The molecule has 190 valence electrons. The van der Waals surface area contributed by atoms with E-state index in [2.05, 4.69) is 103 Å². The second kappa shape index (κ2) is 8.69. The monoisotopic (exact) mass is 538 g/mol. The Morgan fingerprint density at radius 1 is 0.415 bits per heavy atom. The molecule has 0 saturated heterocycles. The van der Waals surface area contributed by atoms with E-state index in [0.717, 1.165) is 33.5 Å². The lowest BCUT2D eigenvalue weighted by atomic mass is 9.92. The fourth-order valence-electron chi connectivity index (χ4n) is 6.38. The minimum Gasteiger partial charge on any atom is -0.244 e. The van der Waals surface area contributed by atoms with Gasteiger partial charge in [0.2, 0.25) is 0 Å². The van der Waals surface area contributed by atoms with Crippen molar-refractivity contribution in [3.63, 3.8) is 0 Å². The smallest absolute Gasteiger partial charge is 0.0973 e. The highest BCUT2D eigenvalue weighted by atomic mass is 32.1. The predicted molar refractivity (Wildman–Crippen MR) is 176 cm³/mol. The lowest BCUT2D eigenvalue weighted by molar-refractivity contribution is 1.29. The summed E-state index contributed by atoms with van der Waals surface area (Å²) in [6.07, 6.45) is 0. The van der Waals surface area contributed by atoms with Crippen molar-refractivity contribution in [1.82, 2.24) is 9.97 Å². The lowest BCUT2D eigenvalue weighted by Gasteiger charge is -2.14. The second-order valence-corrected chi connectivity index (χ2v) is 11.6. The van der Waals surface area contributed by atoms with E-state index in [1.807, 2.05) is 41.7 Å². The van der Waals surface area contributed by atoms with Crippen LogP contribution < -0.4 is 0 Å². The summed E-state index contributed by atoms with van der Waals surface area (Å²) in [7, 11) is 0. The number of hydrogen-bond donors (Lipinski definition) is 0. The number of nitrogens with zero attached hydrogens (tertiary/aromatic N) is 2. The van der Waals surface area contributed by atoms with Gasteiger partial charge in [-0.3, -0.25) is 0 Å². The molecule has 0 aliphatic rings. The van der Waals surface area contributed by atoms with Crippen molar-refractivity contribution in [1.29, 1.82) is 0 Å². The highest BCUT2D eigenvalue weighted by molar-refractivity contribution is 7.27. The van der Waals surface area contributed by atoms with E-state index in [1.165, 1.54) is 52.5 Å². The average molecular weight is 539 g/mol. The first kappa shape index (κ1) is 22.7. The fourth-order valence-corrected chi connectivity index (χ4v) is 7.63. The molecule has 0 aliphatic carbocycles. The van der Waals surface area contributed by atoms with Gasteiger partial charge in [-0.05, 0) is 51.2 Å². The van der Waals surface area contributed by atoms with Crippen LogP contribution in [-0.2, 0) is 0 Å². The first-order valence-corrected chi connectivity index (χ1v) is 14.7. The molecule has 0 saturated carbocycles. The second-order valence-electron chi connectivity index (χ2n) is 10.5. The molecule has 0 fully saturated rings. The number of fused-ring (bicyclic) bond motifs is 11. The van der Waals surface area contributed by atoms with Crippen molar-refractivity contribution < 1.29 is 0 Å². The Balaban J connectivity index is 1.37. The van der Waals surface area contributed by atoms with Gasteiger partial charge in [0.05, 0.1) is 22.4 Å². The van der Waals surface area contributed by atoms with Crippen molar-refractivity contribution in [3.8, 4) is 22.5 Å². The lowest BCUT2D eigenvalue weighted by Crippen LogP contribution is -1.95. The molecule has 0 radical (unpaired) electrons. The van der Waals surface area contributed by atoms with Crippen LogP contribution in [0.1, 0.15) is 0 Å². The standard InChI is InChI=1S/C38H22N2S/c1-2-10-23(11-3-1)36-37(40-32-16-8-7-15-31(32)39-36)25-19-20-26-24(22-25)18-21-30-34(26)27-12-4-5-13-28(27)38-35(30)29-14-6-9-17-33(29)41-38/h1-22H. The summed E-state index contributed by atoms with van der Waals surface area (Å²) in [6, 6.07) is 47.5. The number of hydrogen-bond acceptors (Lipinski definition) is 3. The molecule has 2 aromatic heterocycles. The van der Waals surface area contributed by atoms with Crippen LogP contribution in [0.2, 0.25) is 0 Å². The van der Waals surface area contributed by atoms with Gasteiger partial charge in [0.25, 0.3) is 0 Å². The first-order chi connectivity index (χ1) is 20.3. The van der Waals surface area contributed by atoms with E-state index >= 15 is 0 Å². The van der Waals surface area contributed by atoms with Crippen molar-refractivity contribution >= 4 is 74.9 Å². The third-order valence-corrected chi connectivity index (χ3v) is 9.42. The van der Waals surface area contributed by atoms with E-state index in [1.54, 1.807) is 0 Å². The van der Waals surface area contributed by atoms with Gasteiger partial charge in [-0.25, -0.2) is 9.97 Å². The number of para-hydroxylation sites is 2. The van der Waals surface area contributed by atoms with E-state index in [4.69, 9.17) is 9.97 Å². The van der Waals surface area contributed by atoms with Gasteiger partial charge < -0.3 is 0 Å². The Morgan fingerprint density at radius 3 is 1.85 bits per heavy atom. The number of rotatable bonds is 2. The van der Waals surface area contributed by atoms with Crippen LogP contribution in [-0.4, -0.2) is 9.97 Å². The van der Waals surface area contributed by atoms with Crippen LogP contribution in [0.4, 0.5) is 0 Å². The van der Waals surface area contributed by atoms with Crippen molar-refractivity contribution in [2.75, 3.05) is 0 Å². The molecule has 0 amide bonds. The molecule has 0 unspecified atom stereocenters. The third-order valence-electron chi connectivity index (χ3n) is 8.22. The molecule has 9 aromatic rings. The summed E-state index contributed by atoms with van der Waals surface area (Å²) in [4.78, 5) is 10.2. The minimum atomic E-state index is 0.901. The zero-order valence-electron chi connectivity index (χ0n) is 22.0. The molecule has 41 heavy (non-hydrogen) atoms. The molecule has 0 aliphatic heterocycles. The zero-order valence-corrected chi connectivity index (χ0v) is 22.8. The van der Waals surface area contributed by atoms with Crippen LogP contribution in [0.15, 0.2) is 133 Å². The zero-order chi connectivity index (χ0) is 26.9. The minimum absolute atomic E-state index is 0.901. The molecule has 0 N–H and O–H groups in total. The van der Waals surface area contributed by atoms with Crippen LogP contribution in [0, 0.1) is 0 Å². The van der Waals surface area contributed by atoms with Crippen molar-refractivity contribution in [2.24, 2.45) is 0 Å². The SMILES string of the molecule is c1ccc(-c2nc3ccccc3nc2-c2ccc3c(ccc4c3c3ccccc3c3sc5ccccc5c43)c2)cc1. The average Bonchev–Trinajstić information content (AvgIpc) is 3.44. The molecular weight excluding hydrogens is 516 g/mol. The maximum absolute atomic E-state index is 5.15. The molecule has 0 spiro atoms. The van der Waals surface area contributed by atoms with Gasteiger partial charge in [0, 0.05) is 36.7 Å². The summed E-state index contributed by atoms with van der Waals surface area (Å²) in [5.74, 6) is 0. The highest BCUT2D eigenvalue weighted by Gasteiger charge is 2.17. The molecule has 2 nitrogen and oxygen atoms in total. The maximum atomic E-state index is 5.15. The summed E-state index contributed by atoms with van der Waals surface area (Å²) in [5, 5.41) is 10.4.